The molecule has 0 radical (unpaired) electrons. The molecule has 1 atom stereocenters. The van der Waals surface area contributed by atoms with Gasteiger partial charge in [-0.05, 0) is 75.7 Å². The molecule has 1 N–H and O–H groups in total. The second-order valence-corrected chi connectivity index (χ2v) is 11.0. The monoisotopic (exact) mass is 545 g/mol. The minimum absolute atomic E-state index is 0.0210. The Kier molecular flexibility index (Phi) is 7.98. The molecule has 1 saturated heterocycles. The zero-order valence-electron chi connectivity index (χ0n) is 23.1. The number of nitrogens with zero attached hydrogens (tertiary/aromatic N) is 3. The molecule has 1 aromatic heterocycles. The van der Waals surface area contributed by atoms with E-state index in [0.717, 1.165) is 53.5 Å². The van der Waals surface area contributed by atoms with Gasteiger partial charge in [-0.2, -0.15) is 0 Å². The van der Waals surface area contributed by atoms with E-state index < -0.39 is 6.10 Å². The van der Waals surface area contributed by atoms with Crippen LogP contribution in [0.4, 0.5) is 5.69 Å². The summed E-state index contributed by atoms with van der Waals surface area (Å²) in [4.78, 5) is 17.2. The lowest BCUT2D eigenvalue weighted by Gasteiger charge is -2.37. The van der Waals surface area contributed by atoms with E-state index in [1.54, 1.807) is 6.92 Å². The number of aromatic nitrogens is 1. The summed E-state index contributed by atoms with van der Waals surface area (Å²) in [6.07, 6.45) is -0.619. The number of carbonyl (C=O) groups is 1. The Labute approximate surface area is 235 Å². The highest BCUT2D eigenvalue weighted by Gasteiger charge is 2.22. The van der Waals surface area contributed by atoms with E-state index in [2.05, 4.69) is 58.5 Å². The Morgan fingerprint density at radius 3 is 2.38 bits per heavy atom. The van der Waals surface area contributed by atoms with Gasteiger partial charge in [0.1, 0.15) is 18.5 Å². The minimum Gasteiger partial charge on any atom is -0.491 e. The lowest BCUT2D eigenvalue weighted by molar-refractivity contribution is 0.0663. The molecule has 0 spiro atoms. The van der Waals surface area contributed by atoms with E-state index in [4.69, 9.17) is 16.3 Å². The van der Waals surface area contributed by atoms with Crippen LogP contribution in [0, 0.1) is 20.8 Å². The van der Waals surface area contributed by atoms with Gasteiger partial charge in [-0.15, -0.1) is 0 Å². The first-order valence-corrected chi connectivity index (χ1v) is 13.9. The first-order chi connectivity index (χ1) is 18.7. The minimum atomic E-state index is -0.619. The number of ketones is 1. The molecule has 0 aliphatic carbocycles. The second kappa shape index (κ2) is 11.4. The highest BCUT2D eigenvalue weighted by Crippen LogP contribution is 2.32. The van der Waals surface area contributed by atoms with Crippen molar-refractivity contribution in [1.82, 2.24) is 9.47 Å². The summed E-state index contributed by atoms with van der Waals surface area (Å²) < 4.78 is 8.14. The molecule has 7 heteroatoms. The number of aryl methyl sites for hydroxylation is 2. The number of piperazine rings is 1. The molecule has 1 fully saturated rings. The van der Waals surface area contributed by atoms with E-state index in [-0.39, 0.29) is 12.4 Å². The van der Waals surface area contributed by atoms with Gasteiger partial charge < -0.3 is 19.3 Å². The van der Waals surface area contributed by atoms with E-state index in [1.807, 2.05) is 37.3 Å². The normalized spacial score (nSPS) is 15.1. The highest BCUT2D eigenvalue weighted by molar-refractivity contribution is 6.30. The van der Waals surface area contributed by atoms with Crippen LogP contribution in [-0.2, 0) is 0 Å². The zero-order chi connectivity index (χ0) is 27.7. The molecule has 0 unspecified atom stereocenters. The molecule has 0 bridgehead atoms. The molecule has 0 saturated carbocycles. The summed E-state index contributed by atoms with van der Waals surface area (Å²) in [6, 6.07) is 20.1. The fraction of sp³-hybridized carbons (Fsp3) is 0.344. The molecule has 39 heavy (non-hydrogen) atoms. The molecular weight excluding hydrogens is 510 g/mol. The summed E-state index contributed by atoms with van der Waals surface area (Å²) in [7, 11) is 0. The number of benzene rings is 3. The van der Waals surface area contributed by atoms with Crippen LogP contribution in [0.1, 0.15) is 34.1 Å². The molecule has 204 valence electrons. The van der Waals surface area contributed by atoms with Crippen LogP contribution < -0.4 is 9.64 Å². The van der Waals surface area contributed by atoms with Crippen molar-refractivity contribution in [3.8, 4) is 11.4 Å². The Morgan fingerprint density at radius 1 is 0.974 bits per heavy atom. The highest BCUT2D eigenvalue weighted by atomic mass is 35.5. The molecule has 6 nitrogen and oxygen atoms in total. The van der Waals surface area contributed by atoms with Crippen molar-refractivity contribution in [2.24, 2.45) is 0 Å². The number of hydrogen-bond acceptors (Lipinski definition) is 5. The quantitative estimate of drug-likeness (QED) is 0.276. The number of anilines is 1. The van der Waals surface area contributed by atoms with Crippen LogP contribution in [0.15, 0.2) is 60.7 Å². The summed E-state index contributed by atoms with van der Waals surface area (Å²) >= 11 is 6.22. The first kappa shape index (κ1) is 27.3. The van der Waals surface area contributed by atoms with Gasteiger partial charge >= 0.3 is 0 Å². The second-order valence-electron chi connectivity index (χ2n) is 10.5. The van der Waals surface area contributed by atoms with Gasteiger partial charge in [0, 0.05) is 65.8 Å². The van der Waals surface area contributed by atoms with Gasteiger partial charge in [0.05, 0.1) is 5.52 Å². The van der Waals surface area contributed by atoms with Crippen LogP contribution in [0.3, 0.4) is 0 Å². The maximum Gasteiger partial charge on any atom is 0.162 e. The van der Waals surface area contributed by atoms with Crippen molar-refractivity contribution >= 4 is 34.0 Å². The largest absolute Gasteiger partial charge is 0.491 e. The van der Waals surface area contributed by atoms with Crippen molar-refractivity contribution in [3.05, 3.63) is 88.1 Å². The molecule has 5 rings (SSSR count). The fourth-order valence-corrected chi connectivity index (χ4v) is 5.76. The smallest absolute Gasteiger partial charge is 0.162 e. The number of carbonyl (C=O) groups excluding carboxylic acids is 1. The number of fused-ring (bicyclic) bond motifs is 1. The molecule has 1 aliphatic rings. The average molecular weight is 546 g/mol. The maximum absolute atomic E-state index is 12.6. The van der Waals surface area contributed by atoms with Crippen LogP contribution in [0.25, 0.3) is 16.6 Å². The van der Waals surface area contributed by atoms with E-state index in [0.29, 0.717) is 17.9 Å². The molecule has 0 amide bonds. The molecular formula is C32H36ClN3O3. The van der Waals surface area contributed by atoms with Crippen LogP contribution in [0.5, 0.6) is 5.75 Å². The summed E-state index contributed by atoms with van der Waals surface area (Å²) in [6.45, 7) is 12.0. The Balaban J connectivity index is 1.23. The number of aliphatic hydroxyl groups excluding tert-OH is 1. The topological polar surface area (TPSA) is 57.9 Å². The number of β-amino-alcohol motifs (C(OH)–C–C–N with tert-alkyl or cyclic N) is 1. The van der Waals surface area contributed by atoms with Crippen LogP contribution >= 0.6 is 11.6 Å². The Hall–Kier alpha value is -3.32. The van der Waals surface area contributed by atoms with Gasteiger partial charge in [0.15, 0.2) is 5.78 Å². The number of Topliss-reactive ketones (excluding diaryl/α,β-unsaturated/α-hetero) is 1. The Morgan fingerprint density at radius 2 is 1.69 bits per heavy atom. The van der Waals surface area contributed by atoms with Gasteiger partial charge in [-0.25, -0.2) is 0 Å². The summed E-state index contributed by atoms with van der Waals surface area (Å²) in [5.41, 5.74) is 7.17. The fourth-order valence-electron chi connectivity index (χ4n) is 5.60. The van der Waals surface area contributed by atoms with E-state index in [1.165, 1.54) is 16.8 Å². The van der Waals surface area contributed by atoms with Crippen molar-refractivity contribution < 1.29 is 14.6 Å². The summed E-state index contributed by atoms with van der Waals surface area (Å²) in [5.74, 6) is 0.666. The van der Waals surface area contributed by atoms with Gasteiger partial charge in [-0.1, -0.05) is 35.4 Å². The first-order valence-electron chi connectivity index (χ1n) is 13.5. The molecule has 4 aromatic rings. The van der Waals surface area contributed by atoms with E-state index >= 15 is 0 Å². The van der Waals surface area contributed by atoms with Crippen molar-refractivity contribution in [1.29, 1.82) is 0 Å². The van der Waals surface area contributed by atoms with Gasteiger partial charge in [0.25, 0.3) is 0 Å². The molecule has 3 aromatic carbocycles. The SMILES string of the molecule is CC(=O)c1c(C)n(-c2ccc(C)cc2)c2ccc(OC[C@H](O)CN3CCN(c4cc(Cl)ccc4C)CC3)cc12. The number of ether oxygens (including phenoxy) is 1. The molecule has 2 heterocycles. The lowest BCUT2D eigenvalue weighted by atomic mass is 10.1. The zero-order valence-corrected chi connectivity index (χ0v) is 23.8. The van der Waals surface area contributed by atoms with Gasteiger partial charge in [0.2, 0.25) is 0 Å². The van der Waals surface area contributed by atoms with Crippen LogP contribution in [0.2, 0.25) is 5.02 Å². The maximum atomic E-state index is 12.6. The predicted octanol–water partition coefficient (Wildman–Crippen LogP) is 5.97. The number of halogens is 1. The number of rotatable bonds is 8. The van der Waals surface area contributed by atoms with Gasteiger partial charge in [-0.3, -0.25) is 9.69 Å². The van der Waals surface area contributed by atoms with Crippen molar-refractivity contribution in [2.75, 3.05) is 44.2 Å². The van der Waals surface area contributed by atoms with E-state index in [9.17, 15) is 9.90 Å². The Bertz CT molecular complexity index is 1490. The third-order valence-corrected chi connectivity index (χ3v) is 7.85. The summed E-state index contributed by atoms with van der Waals surface area (Å²) in [5, 5.41) is 12.4. The number of hydrogen-bond donors (Lipinski definition) is 1. The molecule has 1 aliphatic heterocycles. The van der Waals surface area contributed by atoms with Crippen molar-refractivity contribution in [3.63, 3.8) is 0 Å². The lowest BCUT2D eigenvalue weighted by Crippen LogP contribution is -2.49. The number of aliphatic hydroxyl groups is 1. The third-order valence-electron chi connectivity index (χ3n) is 7.62. The average Bonchev–Trinajstić information content (AvgIpc) is 3.21. The predicted molar refractivity (Wildman–Crippen MR) is 159 cm³/mol. The standard InChI is InChI=1S/C32H36ClN3O3/c1-21-5-9-26(10-6-21)36-23(3)32(24(4)37)29-18-28(11-12-30(29)36)39-20-27(38)19-34-13-15-35(16-14-34)31-17-25(33)8-7-22(31)2/h5-12,17-18,27,38H,13-16,19-20H2,1-4H3/t27-/m1/s1. The third kappa shape index (κ3) is 5.83. The van der Waals surface area contributed by atoms with Crippen LogP contribution in [-0.4, -0.2) is 65.8 Å². The van der Waals surface area contributed by atoms with Crippen molar-refractivity contribution in [2.45, 2.75) is 33.8 Å².